The summed E-state index contributed by atoms with van der Waals surface area (Å²) in [5.74, 6) is 0.591. The third-order valence-electron chi connectivity index (χ3n) is 2.93. The Bertz CT molecular complexity index is 425. The minimum absolute atomic E-state index is 0.0163. The van der Waals surface area contributed by atoms with Crippen LogP contribution in [0.25, 0.3) is 0 Å². The van der Waals surface area contributed by atoms with Gasteiger partial charge in [-0.3, -0.25) is 4.79 Å². The summed E-state index contributed by atoms with van der Waals surface area (Å²) in [4.78, 5) is 13.8. The Morgan fingerprint density at radius 1 is 1.28 bits per heavy atom. The van der Waals surface area contributed by atoms with E-state index >= 15 is 0 Å². The van der Waals surface area contributed by atoms with Crippen LogP contribution in [0.2, 0.25) is 0 Å². The fourth-order valence-corrected chi connectivity index (χ4v) is 2.04. The fourth-order valence-electron chi connectivity index (χ4n) is 2.04. The van der Waals surface area contributed by atoms with Gasteiger partial charge in [0.1, 0.15) is 0 Å². The third kappa shape index (κ3) is 3.49. The highest BCUT2D eigenvalue weighted by Crippen LogP contribution is 2.24. The Hall–Kier alpha value is -1.51. The lowest BCUT2D eigenvalue weighted by molar-refractivity contribution is 0.101. The SMILES string of the molecule is CC(=O)c1cc(N(CC(C)C)C(C)C)ccc1N. The van der Waals surface area contributed by atoms with E-state index in [2.05, 4.69) is 32.6 Å². The molecule has 3 heteroatoms. The van der Waals surface area contributed by atoms with Crippen LogP contribution in [0, 0.1) is 5.92 Å². The van der Waals surface area contributed by atoms with Crippen molar-refractivity contribution in [2.75, 3.05) is 17.2 Å². The molecule has 100 valence electrons. The molecule has 1 aromatic rings. The summed E-state index contributed by atoms with van der Waals surface area (Å²) in [7, 11) is 0. The number of hydrogen-bond acceptors (Lipinski definition) is 3. The average Bonchev–Trinajstić information content (AvgIpc) is 2.26. The number of carbonyl (C=O) groups is 1. The van der Waals surface area contributed by atoms with Crippen LogP contribution in [0.4, 0.5) is 11.4 Å². The van der Waals surface area contributed by atoms with Crippen LogP contribution in [0.1, 0.15) is 45.0 Å². The quantitative estimate of drug-likeness (QED) is 0.642. The van der Waals surface area contributed by atoms with Crippen molar-refractivity contribution >= 4 is 17.2 Å². The Kier molecular flexibility index (Phi) is 4.76. The van der Waals surface area contributed by atoms with Gasteiger partial charge < -0.3 is 10.6 Å². The van der Waals surface area contributed by atoms with Crippen molar-refractivity contribution in [3.63, 3.8) is 0 Å². The first-order valence-electron chi connectivity index (χ1n) is 6.50. The van der Waals surface area contributed by atoms with Gasteiger partial charge in [-0.05, 0) is 44.9 Å². The predicted octanol–water partition coefficient (Wildman–Crippen LogP) is 3.34. The van der Waals surface area contributed by atoms with Crippen molar-refractivity contribution < 1.29 is 4.79 Å². The van der Waals surface area contributed by atoms with Gasteiger partial charge in [-0.15, -0.1) is 0 Å². The second kappa shape index (κ2) is 5.89. The molecule has 0 spiro atoms. The Balaban J connectivity index is 3.13. The molecule has 0 radical (unpaired) electrons. The molecule has 0 aliphatic rings. The van der Waals surface area contributed by atoms with E-state index < -0.39 is 0 Å². The number of hydrogen-bond donors (Lipinski definition) is 1. The minimum Gasteiger partial charge on any atom is -0.398 e. The van der Waals surface area contributed by atoms with Gasteiger partial charge in [0, 0.05) is 29.5 Å². The van der Waals surface area contributed by atoms with Crippen LogP contribution in [0.15, 0.2) is 18.2 Å². The van der Waals surface area contributed by atoms with Gasteiger partial charge >= 0.3 is 0 Å². The first kappa shape index (κ1) is 14.6. The topological polar surface area (TPSA) is 46.3 Å². The largest absolute Gasteiger partial charge is 0.398 e. The van der Waals surface area contributed by atoms with E-state index in [4.69, 9.17) is 5.73 Å². The second-order valence-corrected chi connectivity index (χ2v) is 5.47. The van der Waals surface area contributed by atoms with Crippen molar-refractivity contribution in [2.45, 2.75) is 40.7 Å². The number of carbonyl (C=O) groups excluding carboxylic acids is 1. The van der Waals surface area contributed by atoms with Gasteiger partial charge in [0.15, 0.2) is 5.78 Å². The molecule has 0 aromatic heterocycles. The highest BCUT2D eigenvalue weighted by molar-refractivity contribution is 6.00. The van der Waals surface area contributed by atoms with Crippen molar-refractivity contribution in [1.29, 1.82) is 0 Å². The molecule has 18 heavy (non-hydrogen) atoms. The molecule has 0 unspecified atom stereocenters. The van der Waals surface area contributed by atoms with Crippen molar-refractivity contribution in [1.82, 2.24) is 0 Å². The maximum Gasteiger partial charge on any atom is 0.161 e. The number of nitrogen functional groups attached to an aromatic ring is 1. The summed E-state index contributed by atoms with van der Waals surface area (Å²) >= 11 is 0. The third-order valence-corrected chi connectivity index (χ3v) is 2.93. The molecule has 0 atom stereocenters. The molecule has 0 bridgehead atoms. The zero-order valence-corrected chi connectivity index (χ0v) is 12.0. The Labute approximate surface area is 110 Å². The van der Waals surface area contributed by atoms with Gasteiger partial charge in [-0.25, -0.2) is 0 Å². The first-order chi connectivity index (χ1) is 8.32. The lowest BCUT2D eigenvalue weighted by Crippen LogP contribution is -2.34. The molecule has 2 N–H and O–H groups in total. The summed E-state index contributed by atoms with van der Waals surface area (Å²) < 4.78 is 0. The number of Topliss-reactive ketones (excluding diaryl/α,β-unsaturated/α-hetero) is 1. The van der Waals surface area contributed by atoms with Gasteiger partial charge in [0.2, 0.25) is 0 Å². The lowest BCUT2D eigenvalue weighted by atomic mass is 10.1. The molecule has 0 heterocycles. The zero-order valence-electron chi connectivity index (χ0n) is 12.0. The summed E-state index contributed by atoms with van der Waals surface area (Å²) in [6, 6.07) is 6.11. The molecule has 0 saturated heterocycles. The summed E-state index contributed by atoms with van der Waals surface area (Å²) in [5, 5.41) is 0. The number of nitrogens with zero attached hydrogens (tertiary/aromatic N) is 1. The zero-order chi connectivity index (χ0) is 13.9. The summed E-state index contributed by atoms with van der Waals surface area (Å²) in [6.07, 6.45) is 0. The molecular formula is C15H24N2O. The molecule has 0 aliphatic heterocycles. The first-order valence-corrected chi connectivity index (χ1v) is 6.50. The van der Waals surface area contributed by atoms with E-state index in [1.807, 2.05) is 18.2 Å². The molecule has 0 aliphatic carbocycles. The van der Waals surface area contributed by atoms with Crippen molar-refractivity contribution in [3.8, 4) is 0 Å². The second-order valence-electron chi connectivity index (χ2n) is 5.47. The molecule has 0 fully saturated rings. The molecule has 1 rings (SSSR count). The average molecular weight is 248 g/mol. The normalized spacial score (nSPS) is 11.1. The molecule has 0 saturated carbocycles. The number of rotatable bonds is 5. The number of ketones is 1. The van der Waals surface area contributed by atoms with Gasteiger partial charge in [-0.2, -0.15) is 0 Å². The van der Waals surface area contributed by atoms with Gasteiger partial charge in [0.25, 0.3) is 0 Å². The van der Waals surface area contributed by atoms with Crippen molar-refractivity contribution in [3.05, 3.63) is 23.8 Å². The Morgan fingerprint density at radius 3 is 2.33 bits per heavy atom. The van der Waals surface area contributed by atoms with Crippen LogP contribution < -0.4 is 10.6 Å². The van der Waals surface area contributed by atoms with E-state index in [0.717, 1.165) is 12.2 Å². The van der Waals surface area contributed by atoms with Crippen LogP contribution >= 0.6 is 0 Å². The van der Waals surface area contributed by atoms with Crippen LogP contribution in [-0.4, -0.2) is 18.4 Å². The van der Waals surface area contributed by atoms with Crippen LogP contribution in [0.3, 0.4) is 0 Å². The van der Waals surface area contributed by atoms with Crippen molar-refractivity contribution in [2.24, 2.45) is 5.92 Å². The van der Waals surface area contributed by atoms with Gasteiger partial charge in [0.05, 0.1) is 0 Å². The molecule has 1 aromatic carbocycles. The van der Waals surface area contributed by atoms with Gasteiger partial charge in [-0.1, -0.05) is 13.8 Å². The molecule has 3 nitrogen and oxygen atoms in total. The standard InChI is InChI=1S/C15H24N2O/c1-10(2)9-17(11(3)4)13-6-7-15(16)14(8-13)12(5)18/h6-8,10-11H,9,16H2,1-5H3. The molecule has 0 amide bonds. The van der Waals surface area contributed by atoms with E-state index in [-0.39, 0.29) is 5.78 Å². The molecular weight excluding hydrogens is 224 g/mol. The van der Waals surface area contributed by atoms with Crippen LogP contribution in [-0.2, 0) is 0 Å². The highest BCUT2D eigenvalue weighted by atomic mass is 16.1. The lowest BCUT2D eigenvalue weighted by Gasteiger charge is -2.31. The maximum atomic E-state index is 11.5. The van der Waals surface area contributed by atoms with E-state index in [1.54, 1.807) is 6.92 Å². The maximum absolute atomic E-state index is 11.5. The predicted molar refractivity (Wildman–Crippen MR) is 78.2 cm³/mol. The smallest absolute Gasteiger partial charge is 0.161 e. The highest BCUT2D eigenvalue weighted by Gasteiger charge is 2.14. The summed E-state index contributed by atoms with van der Waals surface area (Å²) in [6.45, 7) is 11.2. The van der Waals surface area contributed by atoms with E-state index in [0.29, 0.717) is 23.2 Å². The van der Waals surface area contributed by atoms with Crippen LogP contribution in [0.5, 0.6) is 0 Å². The van der Waals surface area contributed by atoms with E-state index in [9.17, 15) is 4.79 Å². The summed E-state index contributed by atoms with van der Waals surface area (Å²) in [5.41, 5.74) is 8.06. The fraction of sp³-hybridized carbons (Fsp3) is 0.533. The van der Waals surface area contributed by atoms with E-state index in [1.165, 1.54) is 0 Å². The monoisotopic (exact) mass is 248 g/mol. The number of anilines is 2. The Morgan fingerprint density at radius 2 is 1.89 bits per heavy atom. The number of benzene rings is 1. The minimum atomic E-state index is 0.0163. The number of nitrogens with two attached hydrogens (primary N) is 1.